The number of rotatable bonds is 18. The van der Waals surface area contributed by atoms with E-state index >= 15 is 0 Å². The molecule has 6 nitrogen and oxygen atoms in total. The van der Waals surface area contributed by atoms with Gasteiger partial charge in [0.2, 0.25) is 0 Å². The van der Waals surface area contributed by atoms with E-state index in [1.54, 1.807) is 0 Å². The van der Waals surface area contributed by atoms with E-state index in [1.165, 1.54) is 0 Å². The first-order valence-electron chi connectivity index (χ1n) is 9.43. The molecule has 0 rings (SSSR count). The molecule has 0 radical (unpaired) electrons. The van der Waals surface area contributed by atoms with E-state index < -0.39 is 5.78 Å². The van der Waals surface area contributed by atoms with Crippen molar-refractivity contribution >= 4 is 35.2 Å². The van der Waals surface area contributed by atoms with Crippen LogP contribution >= 0.6 is 0 Å². The molecular formula is C20H30O6. The van der Waals surface area contributed by atoms with Crippen molar-refractivity contribution in [2.24, 2.45) is 0 Å². The average Bonchev–Trinajstić information content (AvgIpc) is 2.63. The molecule has 26 heavy (non-hydrogen) atoms. The zero-order chi connectivity index (χ0) is 19.8. The van der Waals surface area contributed by atoms with Crippen LogP contribution in [0, 0.1) is 0 Å². The second-order valence-corrected chi connectivity index (χ2v) is 6.51. The Morgan fingerprint density at radius 3 is 1.38 bits per heavy atom. The van der Waals surface area contributed by atoms with Crippen LogP contribution in [0.4, 0.5) is 0 Å². The molecule has 0 aliphatic rings. The van der Waals surface area contributed by atoms with Crippen LogP contribution in [-0.4, -0.2) is 35.2 Å². The summed E-state index contributed by atoms with van der Waals surface area (Å²) in [5.74, 6) is -0.285. The van der Waals surface area contributed by atoms with Gasteiger partial charge in [-0.2, -0.15) is 0 Å². The van der Waals surface area contributed by atoms with Crippen LogP contribution in [0.3, 0.4) is 0 Å². The molecule has 0 saturated heterocycles. The highest BCUT2D eigenvalue weighted by atomic mass is 16.2. The first-order chi connectivity index (χ1) is 12.4. The maximum Gasteiger partial charge on any atom is 0.195 e. The summed E-state index contributed by atoms with van der Waals surface area (Å²) in [4.78, 5) is 67.0. The summed E-state index contributed by atoms with van der Waals surface area (Å²) in [5, 5.41) is 0. The van der Waals surface area contributed by atoms with E-state index in [4.69, 9.17) is 0 Å². The first kappa shape index (κ1) is 24.0. The quantitative estimate of drug-likeness (QED) is 0.210. The Balaban J connectivity index is 3.63. The Morgan fingerprint density at radius 2 is 0.923 bits per heavy atom. The lowest BCUT2D eigenvalue weighted by molar-refractivity contribution is -0.130. The lowest BCUT2D eigenvalue weighted by Gasteiger charge is -2.02. The minimum atomic E-state index is -0.514. The Bertz CT molecular complexity index is 506. The lowest BCUT2D eigenvalue weighted by Crippen LogP contribution is -2.06. The maximum atomic E-state index is 11.7. The standard InChI is InChI=1S/C20H30O6/c1-2-16(22)9-5-10-17(23)7-3-4-8-18(24)13-14-19(25)11-6-12-20(26)15-21/h15H,2-14H2,1H3. The third-order valence-electron chi connectivity index (χ3n) is 4.16. The van der Waals surface area contributed by atoms with Crippen LogP contribution in [0.5, 0.6) is 0 Å². The predicted molar refractivity (Wildman–Crippen MR) is 96.8 cm³/mol. The molecule has 0 spiro atoms. The fourth-order valence-corrected chi connectivity index (χ4v) is 2.48. The average molecular weight is 366 g/mol. The van der Waals surface area contributed by atoms with Crippen LogP contribution in [0.1, 0.15) is 90.4 Å². The molecule has 0 saturated carbocycles. The minimum Gasteiger partial charge on any atom is -0.300 e. The van der Waals surface area contributed by atoms with Crippen molar-refractivity contribution in [2.45, 2.75) is 90.4 Å². The number of carbonyl (C=O) groups is 6. The van der Waals surface area contributed by atoms with Gasteiger partial charge in [0.25, 0.3) is 0 Å². The Labute approximate surface area is 155 Å². The van der Waals surface area contributed by atoms with E-state index in [0.717, 1.165) is 0 Å². The lowest BCUT2D eigenvalue weighted by atomic mass is 10.0. The van der Waals surface area contributed by atoms with E-state index in [2.05, 4.69) is 0 Å². The Morgan fingerprint density at radius 1 is 0.538 bits per heavy atom. The van der Waals surface area contributed by atoms with E-state index in [9.17, 15) is 28.8 Å². The van der Waals surface area contributed by atoms with E-state index in [-0.39, 0.29) is 55.1 Å². The van der Waals surface area contributed by atoms with Crippen molar-refractivity contribution in [1.29, 1.82) is 0 Å². The number of ketones is 5. The SMILES string of the molecule is CCC(=O)CCCC(=O)CCCCC(=O)CCC(=O)CCCC(=O)C=O. The zero-order valence-electron chi connectivity index (χ0n) is 15.7. The summed E-state index contributed by atoms with van der Waals surface area (Å²) in [5.41, 5.74) is 0. The maximum absolute atomic E-state index is 11.7. The van der Waals surface area contributed by atoms with Crippen LogP contribution in [0.2, 0.25) is 0 Å². The van der Waals surface area contributed by atoms with Crippen molar-refractivity contribution in [2.75, 3.05) is 0 Å². The molecule has 0 bridgehead atoms. The largest absolute Gasteiger partial charge is 0.300 e. The molecule has 146 valence electrons. The summed E-state index contributed by atoms with van der Waals surface area (Å²) in [6, 6.07) is 0. The van der Waals surface area contributed by atoms with Gasteiger partial charge in [-0.25, -0.2) is 0 Å². The van der Waals surface area contributed by atoms with E-state index in [1.807, 2.05) is 6.92 Å². The molecule has 0 amide bonds. The molecule has 0 aliphatic carbocycles. The van der Waals surface area contributed by atoms with Gasteiger partial charge < -0.3 is 0 Å². The van der Waals surface area contributed by atoms with Crippen LogP contribution < -0.4 is 0 Å². The predicted octanol–water partition coefficient (Wildman–Crippen LogP) is 3.12. The van der Waals surface area contributed by atoms with Crippen LogP contribution in [-0.2, 0) is 28.8 Å². The number of hydrogen-bond donors (Lipinski definition) is 0. The second kappa shape index (κ2) is 15.3. The van der Waals surface area contributed by atoms with Gasteiger partial charge in [-0.05, 0) is 25.7 Å². The highest BCUT2D eigenvalue weighted by Crippen LogP contribution is 2.09. The second-order valence-electron chi connectivity index (χ2n) is 6.51. The topological polar surface area (TPSA) is 102 Å². The number of Topliss-reactive ketones (excluding diaryl/α,β-unsaturated/α-hetero) is 5. The summed E-state index contributed by atoms with van der Waals surface area (Å²) in [6.45, 7) is 1.81. The molecule has 0 aromatic carbocycles. The molecule has 0 atom stereocenters. The third-order valence-corrected chi connectivity index (χ3v) is 4.16. The number of aldehydes is 1. The van der Waals surface area contributed by atoms with Crippen molar-refractivity contribution in [3.63, 3.8) is 0 Å². The van der Waals surface area contributed by atoms with Gasteiger partial charge in [0.1, 0.15) is 23.1 Å². The molecule has 0 heterocycles. The van der Waals surface area contributed by atoms with Gasteiger partial charge in [0.05, 0.1) is 0 Å². The highest BCUT2D eigenvalue weighted by Gasteiger charge is 2.09. The monoisotopic (exact) mass is 366 g/mol. The number of carbonyl (C=O) groups excluding carboxylic acids is 6. The van der Waals surface area contributed by atoms with Gasteiger partial charge in [0, 0.05) is 57.8 Å². The summed E-state index contributed by atoms with van der Waals surface area (Å²) >= 11 is 0. The van der Waals surface area contributed by atoms with Crippen molar-refractivity contribution in [1.82, 2.24) is 0 Å². The molecule has 0 unspecified atom stereocenters. The van der Waals surface area contributed by atoms with Crippen LogP contribution in [0.25, 0.3) is 0 Å². The first-order valence-corrected chi connectivity index (χ1v) is 9.43. The Kier molecular flexibility index (Phi) is 14.1. The van der Waals surface area contributed by atoms with Gasteiger partial charge in [-0.1, -0.05) is 6.92 Å². The molecule has 0 fully saturated rings. The molecule has 0 aromatic heterocycles. The minimum absolute atomic E-state index is 0.00306. The van der Waals surface area contributed by atoms with Gasteiger partial charge >= 0.3 is 0 Å². The smallest absolute Gasteiger partial charge is 0.195 e. The summed E-state index contributed by atoms with van der Waals surface area (Å²) < 4.78 is 0. The van der Waals surface area contributed by atoms with Gasteiger partial charge in [0.15, 0.2) is 12.1 Å². The van der Waals surface area contributed by atoms with Gasteiger partial charge in [-0.15, -0.1) is 0 Å². The Hall–Kier alpha value is -1.98. The third kappa shape index (κ3) is 14.4. The normalized spacial score (nSPS) is 10.3. The fourth-order valence-electron chi connectivity index (χ4n) is 2.48. The summed E-state index contributed by atoms with van der Waals surface area (Å²) in [6.07, 6.45) is 5.28. The number of hydrogen-bond acceptors (Lipinski definition) is 6. The number of unbranched alkanes of at least 4 members (excludes halogenated alkanes) is 1. The van der Waals surface area contributed by atoms with E-state index in [0.29, 0.717) is 57.8 Å². The van der Waals surface area contributed by atoms with Crippen molar-refractivity contribution in [3.05, 3.63) is 0 Å². The van der Waals surface area contributed by atoms with Crippen molar-refractivity contribution in [3.8, 4) is 0 Å². The fraction of sp³-hybridized carbons (Fsp3) is 0.700. The molecule has 0 aromatic rings. The van der Waals surface area contributed by atoms with Gasteiger partial charge in [-0.3, -0.25) is 28.8 Å². The highest BCUT2D eigenvalue weighted by molar-refractivity contribution is 6.24. The summed E-state index contributed by atoms with van der Waals surface area (Å²) in [7, 11) is 0. The molecular weight excluding hydrogens is 336 g/mol. The molecule has 0 aliphatic heterocycles. The molecule has 0 N–H and O–H groups in total. The zero-order valence-corrected chi connectivity index (χ0v) is 15.7. The van der Waals surface area contributed by atoms with Crippen LogP contribution in [0.15, 0.2) is 0 Å². The molecule has 6 heteroatoms. The van der Waals surface area contributed by atoms with Crippen molar-refractivity contribution < 1.29 is 28.8 Å².